The van der Waals surface area contributed by atoms with Gasteiger partial charge < -0.3 is 14.8 Å². The molecule has 0 aliphatic heterocycles. The Balaban J connectivity index is 2.18. The molecule has 0 spiro atoms. The molecule has 0 heterocycles. The summed E-state index contributed by atoms with van der Waals surface area (Å²) in [5, 5.41) is 1.81. The molecule has 0 saturated carbocycles. The number of imide groups is 1. The summed E-state index contributed by atoms with van der Waals surface area (Å²) in [6.07, 6.45) is 0. The first kappa shape index (κ1) is 20.6. The Labute approximate surface area is 156 Å². The maximum Gasteiger partial charge on any atom is 0.328 e. The predicted octanol–water partition coefficient (Wildman–Crippen LogP) is 3.61. The van der Waals surface area contributed by atoms with Gasteiger partial charge in [-0.05, 0) is 31.2 Å². The van der Waals surface area contributed by atoms with E-state index in [9.17, 15) is 22.8 Å². The number of hydrogen-bond donors (Lipinski definition) is 1. The summed E-state index contributed by atoms with van der Waals surface area (Å²) in [6, 6.07) is 5.64. The molecule has 27 heavy (non-hydrogen) atoms. The molecule has 0 radical (unpaired) electrons. The van der Waals surface area contributed by atoms with Crippen molar-refractivity contribution in [2.24, 2.45) is 0 Å². The van der Waals surface area contributed by atoms with Crippen LogP contribution in [0.1, 0.15) is 17.3 Å². The number of nitrogens with one attached hydrogen (secondary N) is 1. The molecule has 9 heteroatoms. The van der Waals surface area contributed by atoms with Gasteiger partial charge in [-0.3, -0.25) is 20.7 Å². The number of rotatable bonds is 3. The summed E-state index contributed by atoms with van der Waals surface area (Å²) in [7, 11) is 0.0858. The van der Waals surface area contributed by atoms with Crippen molar-refractivity contribution in [2.45, 2.75) is 11.8 Å². The minimum atomic E-state index is -1.28. The van der Waals surface area contributed by atoms with E-state index in [0.717, 1.165) is 29.2 Å². The Morgan fingerprint density at radius 3 is 2.33 bits per heavy atom. The van der Waals surface area contributed by atoms with Crippen molar-refractivity contribution >= 4 is 28.2 Å². The molecule has 0 aliphatic rings. The molecule has 0 saturated heterocycles. The summed E-state index contributed by atoms with van der Waals surface area (Å²) < 4.78 is 46.7. The maximum atomic E-state index is 14.3. The van der Waals surface area contributed by atoms with Gasteiger partial charge in [-0.2, -0.15) is 0 Å². The largest absolute Gasteiger partial charge is 0.479 e. The third-order valence-electron chi connectivity index (χ3n) is 3.47. The molecular formula is C18H16F3N2O3S-. The summed E-state index contributed by atoms with van der Waals surface area (Å²) >= 11 is 0. The van der Waals surface area contributed by atoms with Gasteiger partial charge >= 0.3 is 6.03 Å². The van der Waals surface area contributed by atoms with E-state index < -0.39 is 45.5 Å². The molecule has 2 rings (SSSR count). The van der Waals surface area contributed by atoms with Crippen LogP contribution < -0.4 is 10.2 Å². The number of benzene rings is 2. The van der Waals surface area contributed by atoms with Crippen molar-refractivity contribution in [2.75, 3.05) is 18.6 Å². The van der Waals surface area contributed by atoms with E-state index in [1.165, 1.54) is 19.2 Å². The van der Waals surface area contributed by atoms with E-state index in [2.05, 4.69) is 0 Å². The van der Waals surface area contributed by atoms with Gasteiger partial charge in [-0.1, -0.05) is 12.1 Å². The Bertz CT molecular complexity index is 936. The monoisotopic (exact) mass is 397 g/mol. The van der Waals surface area contributed by atoms with Crippen LogP contribution in [0.2, 0.25) is 0 Å². The standard InChI is InChI=1S/C18H16F3N2O3S/c1-4-26-27(3)11-8-9-15(14(21)10-11)23(2)18(25)22-17(24)16-12(19)6-5-7-13(16)20/h3,5-10H,4H2,1-2H3,(H,22,24,25)/q-1. The topological polar surface area (TPSA) is 58.6 Å². The normalized spacial score (nSPS) is 10.7. The SMILES string of the molecule is C#[S-](OCC)c1ccc(N(C)C(=O)NC(=O)c2c(F)cccc2F)c(F)c1. The number of carbonyl (C=O) groups excluding carboxylic acids is 2. The van der Waals surface area contributed by atoms with Crippen molar-refractivity contribution < 1.29 is 26.9 Å². The van der Waals surface area contributed by atoms with Gasteiger partial charge in [0.05, 0.1) is 5.69 Å². The minimum Gasteiger partial charge on any atom is -0.479 e. The smallest absolute Gasteiger partial charge is 0.328 e. The number of nitrogens with zero attached hydrogens (tertiary/aromatic N) is 1. The molecule has 144 valence electrons. The second-order valence-electron chi connectivity index (χ2n) is 5.23. The van der Waals surface area contributed by atoms with Crippen molar-refractivity contribution in [1.82, 2.24) is 5.32 Å². The Hall–Kier alpha value is -2.74. The zero-order chi connectivity index (χ0) is 20.1. The number of amides is 3. The van der Waals surface area contributed by atoms with E-state index in [4.69, 9.17) is 9.87 Å². The second-order valence-corrected chi connectivity index (χ2v) is 6.53. The minimum absolute atomic E-state index is 0.161. The highest BCUT2D eigenvalue weighted by Crippen LogP contribution is 2.21. The summed E-state index contributed by atoms with van der Waals surface area (Å²) in [6.45, 7) is 2.09. The van der Waals surface area contributed by atoms with E-state index in [0.29, 0.717) is 11.5 Å². The van der Waals surface area contributed by atoms with Crippen molar-refractivity contribution in [3.63, 3.8) is 0 Å². The fraction of sp³-hybridized carbons (Fsp3) is 0.167. The predicted molar refractivity (Wildman–Crippen MR) is 96.2 cm³/mol. The highest BCUT2D eigenvalue weighted by molar-refractivity contribution is 7.81. The molecule has 0 aliphatic carbocycles. The fourth-order valence-corrected chi connectivity index (χ4v) is 2.96. The average Bonchev–Trinajstić information content (AvgIpc) is 2.61. The van der Waals surface area contributed by atoms with Crippen LogP contribution in [0.15, 0.2) is 41.3 Å². The number of anilines is 1. The average molecular weight is 397 g/mol. The molecule has 0 atom stereocenters. The van der Waals surface area contributed by atoms with Crippen LogP contribution in [-0.2, 0) is 14.8 Å². The van der Waals surface area contributed by atoms with Crippen LogP contribution in [-0.4, -0.2) is 25.6 Å². The van der Waals surface area contributed by atoms with Crippen molar-refractivity contribution in [3.05, 3.63) is 59.4 Å². The third kappa shape index (κ3) is 4.71. The molecule has 0 bridgehead atoms. The summed E-state index contributed by atoms with van der Waals surface area (Å²) in [5.41, 5.74) is 4.68. The van der Waals surface area contributed by atoms with Crippen LogP contribution in [0.3, 0.4) is 0 Å². The van der Waals surface area contributed by atoms with Crippen LogP contribution >= 0.6 is 0 Å². The zero-order valence-corrected chi connectivity index (χ0v) is 15.3. The molecule has 0 fully saturated rings. The highest BCUT2D eigenvalue weighted by Gasteiger charge is 2.22. The molecule has 0 unspecified atom stereocenters. The number of hydrogen-bond acceptors (Lipinski definition) is 4. The number of halogens is 3. The van der Waals surface area contributed by atoms with E-state index in [-0.39, 0.29) is 5.69 Å². The van der Waals surface area contributed by atoms with Crippen LogP contribution in [0.25, 0.3) is 0 Å². The molecule has 2 aromatic rings. The highest BCUT2D eigenvalue weighted by atomic mass is 32.2. The molecule has 1 N–H and O–H groups in total. The molecular weight excluding hydrogens is 381 g/mol. The van der Waals surface area contributed by atoms with E-state index in [1.54, 1.807) is 6.92 Å². The lowest BCUT2D eigenvalue weighted by atomic mass is 10.2. The first-order valence-electron chi connectivity index (χ1n) is 7.70. The van der Waals surface area contributed by atoms with Gasteiger partial charge in [-0.25, -0.2) is 18.0 Å². The van der Waals surface area contributed by atoms with E-state index in [1.807, 2.05) is 5.32 Å². The van der Waals surface area contributed by atoms with Crippen LogP contribution in [0.4, 0.5) is 23.7 Å². The van der Waals surface area contributed by atoms with Crippen LogP contribution in [0, 0.1) is 23.1 Å². The molecule has 2 aromatic carbocycles. The van der Waals surface area contributed by atoms with Gasteiger partial charge in [0.2, 0.25) is 0 Å². The van der Waals surface area contributed by atoms with Gasteiger partial charge in [-0.15, -0.1) is 4.90 Å². The second kappa shape index (κ2) is 8.77. The maximum absolute atomic E-state index is 14.3. The summed E-state index contributed by atoms with van der Waals surface area (Å²) in [5.74, 6) is -4.30. The van der Waals surface area contributed by atoms with Gasteiger partial charge in [0.1, 0.15) is 23.0 Å². The number of urea groups is 1. The fourth-order valence-electron chi connectivity index (χ4n) is 2.15. The number of carbonyl (C=O) groups is 2. The first-order valence-corrected chi connectivity index (χ1v) is 8.92. The Morgan fingerprint density at radius 2 is 1.78 bits per heavy atom. The lowest BCUT2D eigenvalue weighted by Crippen LogP contribution is -2.41. The van der Waals surface area contributed by atoms with E-state index >= 15 is 0 Å². The quantitative estimate of drug-likeness (QED) is 0.805. The first-order chi connectivity index (χ1) is 12.8. The summed E-state index contributed by atoms with van der Waals surface area (Å²) in [4.78, 5) is 25.3. The lowest BCUT2D eigenvalue weighted by molar-refractivity contribution is 0.0957. The van der Waals surface area contributed by atoms with Crippen molar-refractivity contribution in [1.29, 1.82) is 0 Å². The zero-order valence-electron chi connectivity index (χ0n) is 14.5. The Morgan fingerprint density at radius 1 is 1.15 bits per heavy atom. The van der Waals surface area contributed by atoms with Crippen molar-refractivity contribution in [3.8, 4) is 5.69 Å². The molecule has 0 aromatic heterocycles. The third-order valence-corrected chi connectivity index (χ3v) is 4.68. The van der Waals surface area contributed by atoms with Gasteiger partial charge in [0, 0.05) is 13.7 Å². The van der Waals surface area contributed by atoms with Gasteiger partial charge in [0.15, 0.2) is 0 Å². The molecule has 3 amide bonds. The Kier molecular flexibility index (Phi) is 6.68. The molecule has 5 nitrogen and oxygen atoms in total. The van der Waals surface area contributed by atoms with Crippen LogP contribution in [0.5, 0.6) is 0 Å². The van der Waals surface area contributed by atoms with Gasteiger partial charge in [0.25, 0.3) is 5.91 Å². The lowest BCUT2D eigenvalue weighted by Gasteiger charge is -2.22.